The molecule has 112 valence electrons. The molecule has 1 saturated heterocycles. The largest absolute Gasteiger partial charge is 0.432 e. The van der Waals surface area contributed by atoms with E-state index in [2.05, 4.69) is 10.1 Å². The Balaban J connectivity index is 1.99. The van der Waals surface area contributed by atoms with Crippen molar-refractivity contribution in [3.05, 3.63) is 24.0 Å². The Kier molecular flexibility index (Phi) is 4.42. The predicted octanol–water partition coefficient (Wildman–Crippen LogP) is 2.42. The quantitative estimate of drug-likeness (QED) is 0.928. The second-order valence-electron chi connectivity index (χ2n) is 4.59. The molecule has 1 N–H and O–H groups in total. The van der Waals surface area contributed by atoms with Crippen LogP contribution >= 0.6 is 0 Å². The molecule has 1 aliphatic rings. The van der Waals surface area contributed by atoms with Gasteiger partial charge in [0.05, 0.1) is 11.5 Å². The van der Waals surface area contributed by atoms with Crippen molar-refractivity contribution in [3.8, 4) is 5.75 Å². The van der Waals surface area contributed by atoms with Gasteiger partial charge in [-0.1, -0.05) is 0 Å². The number of ether oxygens (including phenoxy) is 1. The fraction of sp³-hybridized carbons (Fsp3) is 0.500. The van der Waals surface area contributed by atoms with Crippen LogP contribution in [0, 0.1) is 5.82 Å². The zero-order chi connectivity index (χ0) is 14.8. The molecule has 1 aliphatic heterocycles. The van der Waals surface area contributed by atoms with Crippen molar-refractivity contribution in [2.24, 2.45) is 0 Å². The van der Waals surface area contributed by atoms with E-state index < -0.39 is 28.0 Å². The second kappa shape index (κ2) is 5.90. The van der Waals surface area contributed by atoms with Crippen LogP contribution < -0.4 is 10.1 Å². The van der Waals surface area contributed by atoms with Crippen molar-refractivity contribution < 1.29 is 26.3 Å². The van der Waals surface area contributed by atoms with Gasteiger partial charge in [-0.05, 0) is 25.0 Å². The summed E-state index contributed by atoms with van der Waals surface area (Å²) in [6, 6.07) is 3.52. The van der Waals surface area contributed by atoms with Crippen LogP contribution in [0.1, 0.15) is 12.8 Å². The first-order valence-corrected chi connectivity index (χ1v) is 7.89. The van der Waals surface area contributed by atoms with Gasteiger partial charge in [-0.25, -0.2) is 12.8 Å². The lowest BCUT2D eigenvalue weighted by Gasteiger charge is -2.24. The molecule has 4 nitrogen and oxygen atoms in total. The summed E-state index contributed by atoms with van der Waals surface area (Å²) in [4.78, 5) is 0. The Morgan fingerprint density at radius 3 is 2.45 bits per heavy atom. The third-order valence-electron chi connectivity index (χ3n) is 3.07. The second-order valence-corrected chi connectivity index (χ2v) is 6.90. The summed E-state index contributed by atoms with van der Waals surface area (Å²) in [6.07, 6.45) is 0.887. The van der Waals surface area contributed by atoms with Crippen molar-refractivity contribution >= 4 is 15.5 Å². The molecule has 1 aromatic carbocycles. The Morgan fingerprint density at radius 1 is 1.25 bits per heavy atom. The van der Waals surface area contributed by atoms with Crippen LogP contribution in [0.25, 0.3) is 0 Å². The van der Waals surface area contributed by atoms with Crippen LogP contribution in [-0.4, -0.2) is 32.6 Å². The minimum absolute atomic E-state index is 0.0696. The summed E-state index contributed by atoms with van der Waals surface area (Å²) in [6.45, 7) is -3.08. The van der Waals surface area contributed by atoms with Crippen molar-refractivity contribution in [2.45, 2.75) is 25.5 Å². The molecule has 0 radical (unpaired) electrons. The number of hydrogen-bond acceptors (Lipinski definition) is 4. The SMILES string of the molecule is O=S1(=O)CCC(Nc2ccc(OC(F)F)c(F)c2)CC1. The van der Waals surface area contributed by atoms with Gasteiger partial charge >= 0.3 is 6.61 Å². The van der Waals surface area contributed by atoms with Gasteiger partial charge in [0.25, 0.3) is 0 Å². The van der Waals surface area contributed by atoms with Gasteiger partial charge in [-0.3, -0.25) is 0 Å². The van der Waals surface area contributed by atoms with Crippen LogP contribution in [0.3, 0.4) is 0 Å². The Bertz CT molecular complexity index is 563. The Labute approximate surface area is 114 Å². The summed E-state index contributed by atoms with van der Waals surface area (Å²) in [5, 5.41) is 2.99. The highest BCUT2D eigenvalue weighted by atomic mass is 32.2. The van der Waals surface area contributed by atoms with E-state index in [0.717, 1.165) is 12.1 Å². The van der Waals surface area contributed by atoms with Crippen LogP contribution in [0.15, 0.2) is 18.2 Å². The zero-order valence-electron chi connectivity index (χ0n) is 10.5. The molecule has 0 saturated carbocycles. The molecule has 1 aromatic rings. The topological polar surface area (TPSA) is 55.4 Å². The van der Waals surface area contributed by atoms with E-state index in [-0.39, 0.29) is 17.5 Å². The molecule has 0 aromatic heterocycles. The number of hydrogen-bond donors (Lipinski definition) is 1. The fourth-order valence-electron chi connectivity index (χ4n) is 2.05. The molecular formula is C12H14F3NO3S. The molecule has 8 heteroatoms. The van der Waals surface area contributed by atoms with Gasteiger partial charge in [0.1, 0.15) is 9.84 Å². The van der Waals surface area contributed by atoms with Gasteiger partial charge < -0.3 is 10.1 Å². The molecular weight excluding hydrogens is 295 g/mol. The number of rotatable bonds is 4. The maximum Gasteiger partial charge on any atom is 0.387 e. The lowest BCUT2D eigenvalue weighted by molar-refractivity contribution is -0.0521. The maximum atomic E-state index is 13.5. The highest BCUT2D eigenvalue weighted by Crippen LogP contribution is 2.24. The molecule has 0 spiro atoms. The first kappa shape index (κ1) is 15.0. The van der Waals surface area contributed by atoms with Gasteiger partial charge in [0.2, 0.25) is 0 Å². The minimum atomic E-state index is -3.08. The molecule has 1 heterocycles. The summed E-state index contributed by atoms with van der Waals surface area (Å²) < 4.78 is 64.0. The molecule has 0 bridgehead atoms. The van der Waals surface area contributed by atoms with E-state index in [0.29, 0.717) is 18.5 Å². The molecule has 1 fully saturated rings. The lowest BCUT2D eigenvalue weighted by Crippen LogP contribution is -2.32. The van der Waals surface area contributed by atoms with E-state index in [1.807, 2.05) is 0 Å². The van der Waals surface area contributed by atoms with E-state index in [1.54, 1.807) is 0 Å². The highest BCUT2D eigenvalue weighted by molar-refractivity contribution is 7.91. The lowest BCUT2D eigenvalue weighted by atomic mass is 10.1. The first-order valence-electron chi connectivity index (χ1n) is 6.07. The third-order valence-corrected chi connectivity index (χ3v) is 4.79. The molecule has 0 amide bonds. The Morgan fingerprint density at radius 2 is 1.90 bits per heavy atom. The van der Waals surface area contributed by atoms with E-state index in [9.17, 15) is 21.6 Å². The van der Waals surface area contributed by atoms with E-state index in [4.69, 9.17) is 0 Å². The summed E-state index contributed by atoms with van der Waals surface area (Å²) >= 11 is 0. The van der Waals surface area contributed by atoms with Crippen LogP contribution in [0.2, 0.25) is 0 Å². The van der Waals surface area contributed by atoms with E-state index >= 15 is 0 Å². The maximum absolute atomic E-state index is 13.5. The average molecular weight is 309 g/mol. The fourth-order valence-corrected chi connectivity index (χ4v) is 3.54. The summed E-state index contributed by atoms with van der Waals surface area (Å²) in [5.41, 5.74) is 0.411. The molecule has 0 atom stereocenters. The zero-order valence-corrected chi connectivity index (χ0v) is 11.3. The first-order chi connectivity index (χ1) is 9.35. The van der Waals surface area contributed by atoms with Gasteiger partial charge in [-0.15, -0.1) is 0 Å². The molecule has 0 unspecified atom stereocenters. The van der Waals surface area contributed by atoms with Gasteiger partial charge in [0, 0.05) is 17.8 Å². The average Bonchev–Trinajstić information content (AvgIpc) is 2.35. The normalized spacial score (nSPS) is 19.0. The number of nitrogens with one attached hydrogen (secondary N) is 1. The number of benzene rings is 1. The third kappa shape index (κ3) is 4.03. The number of alkyl halides is 2. The van der Waals surface area contributed by atoms with Crippen LogP contribution in [0.4, 0.5) is 18.9 Å². The van der Waals surface area contributed by atoms with E-state index in [1.165, 1.54) is 6.07 Å². The summed E-state index contributed by atoms with van der Waals surface area (Å²) in [7, 11) is -2.95. The van der Waals surface area contributed by atoms with Crippen molar-refractivity contribution in [3.63, 3.8) is 0 Å². The summed E-state index contributed by atoms with van der Waals surface area (Å²) in [5.74, 6) is -1.21. The predicted molar refractivity (Wildman–Crippen MR) is 68.3 cm³/mol. The minimum Gasteiger partial charge on any atom is -0.432 e. The molecule has 20 heavy (non-hydrogen) atoms. The number of anilines is 1. The highest BCUT2D eigenvalue weighted by Gasteiger charge is 2.23. The number of halogens is 3. The van der Waals surface area contributed by atoms with Crippen molar-refractivity contribution in [1.29, 1.82) is 0 Å². The van der Waals surface area contributed by atoms with Crippen molar-refractivity contribution in [2.75, 3.05) is 16.8 Å². The van der Waals surface area contributed by atoms with Crippen molar-refractivity contribution in [1.82, 2.24) is 0 Å². The van der Waals surface area contributed by atoms with Crippen LogP contribution in [-0.2, 0) is 9.84 Å². The standard InChI is InChI=1S/C12H14F3NO3S/c13-10-7-9(1-2-11(10)19-12(14)15)16-8-3-5-20(17,18)6-4-8/h1-2,7-8,12,16H,3-6H2. The Hall–Kier alpha value is -1.44. The van der Waals surface area contributed by atoms with Gasteiger partial charge in [0.15, 0.2) is 11.6 Å². The monoisotopic (exact) mass is 309 g/mol. The smallest absolute Gasteiger partial charge is 0.387 e. The number of sulfone groups is 1. The molecule has 2 rings (SSSR count). The molecule has 0 aliphatic carbocycles. The van der Waals surface area contributed by atoms with Gasteiger partial charge in [-0.2, -0.15) is 8.78 Å². The van der Waals surface area contributed by atoms with Crippen LogP contribution in [0.5, 0.6) is 5.75 Å².